The molecule has 2 rings (SSSR count). The standard InChI is InChI=1S/C14H26N2O/c1-2-7-14(8-9-15-11-14)13(17)16-10-12-5-3-4-6-12/h12,15H,2-11H2,1H3,(H,16,17). The van der Waals surface area contributed by atoms with Crippen molar-refractivity contribution in [2.75, 3.05) is 19.6 Å². The highest BCUT2D eigenvalue weighted by molar-refractivity contribution is 5.83. The van der Waals surface area contributed by atoms with E-state index < -0.39 is 0 Å². The molecule has 0 aromatic carbocycles. The molecule has 0 spiro atoms. The van der Waals surface area contributed by atoms with Crippen molar-refractivity contribution >= 4 is 5.91 Å². The van der Waals surface area contributed by atoms with Crippen LogP contribution in [0.5, 0.6) is 0 Å². The van der Waals surface area contributed by atoms with E-state index in [0.717, 1.165) is 44.8 Å². The zero-order valence-electron chi connectivity index (χ0n) is 11.1. The van der Waals surface area contributed by atoms with Crippen LogP contribution in [0.1, 0.15) is 51.9 Å². The normalized spacial score (nSPS) is 29.7. The summed E-state index contributed by atoms with van der Waals surface area (Å²) in [7, 11) is 0. The van der Waals surface area contributed by atoms with Crippen molar-refractivity contribution in [3.05, 3.63) is 0 Å². The summed E-state index contributed by atoms with van der Waals surface area (Å²) in [6, 6.07) is 0. The molecule has 0 aromatic heterocycles. The maximum atomic E-state index is 12.4. The quantitative estimate of drug-likeness (QED) is 0.770. The third-order valence-corrected chi connectivity index (χ3v) is 4.48. The molecular weight excluding hydrogens is 212 g/mol. The SMILES string of the molecule is CCCC1(C(=O)NCC2CCCC2)CCNC1. The molecule has 2 aliphatic rings. The molecule has 0 aromatic rings. The van der Waals surface area contributed by atoms with Gasteiger partial charge in [0.05, 0.1) is 5.41 Å². The van der Waals surface area contributed by atoms with Crippen molar-refractivity contribution < 1.29 is 4.79 Å². The highest BCUT2D eigenvalue weighted by atomic mass is 16.2. The molecule has 1 saturated heterocycles. The smallest absolute Gasteiger partial charge is 0.227 e. The molecule has 1 atom stereocenters. The van der Waals surface area contributed by atoms with Crippen molar-refractivity contribution in [1.29, 1.82) is 0 Å². The fraction of sp³-hybridized carbons (Fsp3) is 0.929. The molecule has 3 nitrogen and oxygen atoms in total. The van der Waals surface area contributed by atoms with Gasteiger partial charge in [-0.2, -0.15) is 0 Å². The van der Waals surface area contributed by atoms with Crippen LogP contribution >= 0.6 is 0 Å². The van der Waals surface area contributed by atoms with Crippen molar-refractivity contribution in [2.45, 2.75) is 51.9 Å². The van der Waals surface area contributed by atoms with E-state index >= 15 is 0 Å². The Labute approximate surface area is 105 Å². The van der Waals surface area contributed by atoms with Gasteiger partial charge in [0.15, 0.2) is 0 Å². The molecule has 0 bridgehead atoms. The first kappa shape index (κ1) is 12.9. The van der Waals surface area contributed by atoms with E-state index in [1.807, 2.05) is 0 Å². The lowest BCUT2D eigenvalue weighted by molar-refractivity contribution is -0.130. The number of carbonyl (C=O) groups excluding carboxylic acids is 1. The van der Waals surface area contributed by atoms with Crippen molar-refractivity contribution in [2.24, 2.45) is 11.3 Å². The van der Waals surface area contributed by atoms with Gasteiger partial charge in [0.1, 0.15) is 0 Å². The van der Waals surface area contributed by atoms with Crippen molar-refractivity contribution in [3.63, 3.8) is 0 Å². The fourth-order valence-electron chi connectivity index (χ4n) is 3.38. The highest BCUT2D eigenvalue weighted by Gasteiger charge is 2.40. The van der Waals surface area contributed by atoms with Crippen LogP contribution in [-0.2, 0) is 4.79 Å². The second kappa shape index (κ2) is 5.85. The molecule has 1 aliphatic heterocycles. The van der Waals surface area contributed by atoms with Gasteiger partial charge in [-0.15, -0.1) is 0 Å². The summed E-state index contributed by atoms with van der Waals surface area (Å²) < 4.78 is 0. The number of amides is 1. The maximum absolute atomic E-state index is 12.4. The Morgan fingerprint density at radius 1 is 1.41 bits per heavy atom. The van der Waals surface area contributed by atoms with E-state index in [9.17, 15) is 4.79 Å². The van der Waals surface area contributed by atoms with Crippen LogP contribution in [0.25, 0.3) is 0 Å². The topological polar surface area (TPSA) is 41.1 Å². The minimum Gasteiger partial charge on any atom is -0.355 e. The van der Waals surface area contributed by atoms with Crippen molar-refractivity contribution in [3.8, 4) is 0 Å². The Morgan fingerprint density at radius 3 is 2.76 bits per heavy atom. The Morgan fingerprint density at radius 2 is 2.18 bits per heavy atom. The van der Waals surface area contributed by atoms with Crippen LogP contribution in [0.3, 0.4) is 0 Å². The summed E-state index contributed by atoms with van der Waals surface area (Å²) in [5, 5.41) is 6.56. The molecule has 3 heteroatoms. The lowest BCUT2D eigenvalue weighted by Gasteiger charge is -2.27. The second-order valence-electron chi connectivity index (χ2n) is 5.82. The summed E-state index contributed by atoms with van der Waals surface area (Å²) in [5.74, 6) is 1.04. The lowest BCUT2D eigenvalue weighted by atomic mass is 9.81. The molecule has 2 fully saturated rings. The highest BCUT2D eigenvalue weighted by Crippen LogP contribution is 2.31. The Hall–Kier alpha value is -0.570. The van der Waals surface area contributed by atoms with Gasteiger partial charge in [-0.3, -0.25) is 4.79 Å². The van der Waals surface area contributed by atoms with E-state index in [4.69, 9.17) is 0 Å². The number of nitrogens with one attached hydrogen (secondary N) is 2. The van der Waals surface area contributed by atoms with Crippen LogP contribution in [0.15, 0.2) is 0 Å². The van der Waals surface area contributed by atoms with Crippen LogP contribution < -0.4 is 10.6 Å². The molecule has 0 radical (unpaired) electrons. The largest absolute Gasteiger partial charge is 0.355 e. The molecular formula is C14H26N2O. The first-order valence-electron chi connectivity index (χ1n) is 7.26. The maximum Gasteiger partial charge on any atom is 0.227 e. The van der Waals surface area contributed by atoms with Crippen LogP contribution in [-0.4, -0.2) is 25.5 Å². The van der Waals surface area contributed by atoms with E-state index in [0.29, 0.717) is 5.91 Å². The van der Waals surface area contributed by atoms with E-state index in [-0.39, 0.29) is 5.41 Å². The zero-order valence-corrected chi connectivity index (χ0v) is 11.1. The van der Waals surface area contributed by atoms with Gasteiger partial charge in [-0.1, -0.05) is 26.2 Å². The van der Waals surface area contributed by atoms with E-state index in [2.05, 4.69) is 17.6 Å². The zero-order chi connectivity index (χ0) is 12.1. The third kappa shape index (κ3) is 3.01. The average Bonchev–Trinajstić information content (AvgIpc) is 2.97. The summed E-state index contributed by atoms with van der Waals surface area (Å²) in [6.07, 6.45) is 8.44. The van der Waals surface area contributed by atoms with Gasteiger partial charge in [0.2, 0.25) is 5.91 Å². The van der Waals surface area contributed by atoms with E-state index in [1.165, 1.54) is 25.7 Å². The minimum absolute atomic E-state index is 0.104. The number of hydrogen-bond donors (Lipinski definition) is 2. The predicted molar refractivity (Wildman–Crippen MR) is 69.8 cm³/mol. The van der Waals surface area contributed by atoms with Crippen LogP contribution in [0.4, 0.5) is 0 Å². The van der Waals surface area contributed by atoms with Gasteiger partial charge >= 0.3 is 0 Å². The van der Waals surface area contributed by atoms with Gasteiger partial charge in [-0.05, 0) is 38.1 Å². The number of rotatable bonds is 5. The van der Waals surface area contributed by atoms with Gasteiger partial charge in [-0.25, -0.2) is 0 Å². The van der Waals surface area contributed by atoms with E-state index in [1.54, 1.807) is 0 Å². The second-order valence-corrected chi connectivity index (χ2v) is 5.82. The first-order valence-corrected chi connectivity index (χ1v) is 7.26. The molecule has 17 heavy (non-hydrogen) atoms. The molecule has 98 valence electrons. The molecule has 1 amide bonds. The molecule has 1 unspecified atom stereocenters. The fourth-order valence-corrected chi connectivity index (χ4v) is 3.38. The molecule has 1 aliphatic carbocycles. The summed E-state index contributed by atoms with van der Waals surface area (Å²) >= 11 is 0. The molecule has 1 heterocycles. The minimum atomic E-state index is -0.104. The third-order valence-electron chi connectivity index (χ3n) is 4.48. The summed E-state index contributed by atoms with van der Waals surface area (Å²) in [5.41, 5.74) is -0.104. The lowest BCUT2D eigenvalue weighted by Crippen LogP contribution is -2.43. The number of carbonyl (C=O) groups is 1. The van der Waals surface area contributed by atoms with Gasteiger partial charge in [0, 0.05) is 13.1 Å². The first-order chi connectivity index (χ1) is 8.27. The van der Waals surface area contributed by atoms with Crippen molar-refractivity contribution in [1.82, 2.24) is 10.6 Å². The summed E-state index contributed by atoms with van der Waals surface area (Å²) in [6.45, 7) is 4.95. The number of hydrogen-bond acceptors (Lipinski definition) is 2. The van der Waals surface area contributed by atoms with Crippen LogP contribution in [0, 0.1) is 11.3 Å². The van der Waals surface area contributed by atoms with Crippen LogP contribution in [0.2, 0.25) is 0 Å². The van der Waals surface area contributed by atoms with Gasteiger partial charge in [0.25, 0.3) is 0 Å². The Bertz CT molecular complexity index is 253. The Balaban J connectivity index is 1.83. The van der Waals surface area contributed by atoms with Gasteiger partial charge < -0.3 is 10.6 Å². The predicted octanol–water partition coefficient (Wildman–Crippen LogP) is 2.07. The summed E-state index contributed by atoms with van der Waals surface area (Å²) in [4.78, 5) is 12.4. The Kier molecular flexibility index (Phi) is 4.43. The molecule has 1 saturated carbocycles. The average molecular weight is 238 g/mol. The monoisotopic (exact) mass is 238 g/mol. The molecule has 2 N–H and O–H groups in total.